The van der Waals surface area contributed by atoms with Gasteiger partial charge >= 0.3 is 5.97 Å². The molecule has 127 heavy (non-hydrogen) atoms. The molecule has 7 aromatic rings. The molecule has 696 valence electrons. The van der Waals surface area contributed by atoms with Gasteiger partial charge in [0.15, 0.2) is 29.8 Å². The fourth-order valence-corrected chi connectivity index (χ4v) is 19.5. The molecule has 0 saturated carbocycles. The average Bonchev–Trinajstić information content (AvgIpc) is 1.73. The Bertz CT molecular complexity index is 4980. The van der Waals surface area contributed by atoms with Crippen LogP contribution in [0.15, 0.2) is 169 Å². The van der Waals surface area contributed by atoms with E-state index in [0.29, 0.717) is 54.0 Å². The number of aromatic carboxylic acids is 1. The number of ether oxygens (including phenoxy) is 5. The summed E-state index contributed by atoms with van der Waals surface area (Å²) in [6.07, 6.45) is 47.9. The smallest absolute Gasteiger partial charge is 0.356 e. The highest BCUT2D eigenvalue weighted by Gasteiger charge is 2.44. The second kappa shape index (κ2) is 56.0. The van der Waals surface area contributed by atoms with Gasteiger partial charge in [-0.3, -0.25) is 13.9 Å². The van der Waals surface area contributed by atoms with Gasteiger partial charge in [-0.25, -0.2) is 59.2 Å². The fourth-order valence-electron chi connectivity index (χ4n) is 15.8. The summed E-state index contributed by atoms with van der Waals surface area (Å²) < 4.78 is 116. The van der Waals surface area contributed by atoms with E-state index in [2.05, 4.69) is 41.5 Å². The van der Waals surface area contributed by atoms with E-state index >= 15 is 0 Å². The summed E-state index contributed by atoms with van der Waals surface area (Å²) in [5.41, 5.74) is 2.99. The van der Waals surface area contributed by atoms with Gasteiger partial charge in [-0.1, -0.05) is 325 Å². The van der Waals surface area contributed by atoms with E-state index in [0.717, 1.165) is 92.1 Å². The number of carboxylic acids is 1. The second-order valence-corrected chi connectivity index (χ2v) is 38.6. The Morgan fingerprint density at radius 2 is 0.866 bits per heavy atom. The number of anilines is 2. The number of para-hydroxylation sites is 6. The van der Waals surface area contributed by atoms with Crippen LogP contribution >= 0.6 is 0 Å². The molecule has 0 bridgehead atoms. The topological polar surface area (TPSA) is 331 Å². The second-order valence-electron chi connectivity index (χ2n) is 33.4. The van der Waals surface area contributed by atoms with Crippen molar-refractivity contribution in [2.45, 2.75) is 325 Å². The molecule has 2 unspecified atom stereocenters. The number of unbranched alkanes of at least 4 members (excludes halogenated alkanes) is 37. The standard InChI is InChI=1S/C54H85N5O6S.C45H57N5O9S2/c1-4-6-8-10-12-14-16-18-20-21-22-24-26-28-30-36-42-58-52(55-47-39-33-35-41-50(47)66(58,63)64)51(59-45(3)44-48(57-59)54(61)62)53(60)56-46-38-32-34-40-49(46)65-43-37-31-29-27-25-23-19-17-15-13-11-9-7-5-2;1-5-6-7-8-9-10-11-12-13-18-28-57-40-21-16-14-19-36(40)49-45(51)43(59-41-26-24-35(60(46,52)53)31-38(41)47-32-56-4)44-48-37-20-15-17-22-42(37)61(54,55)50(44)27-29-58-39-25-23-33(2)30-34(39)3/h32-35,38-41,44,51H,4-31,36-37,42-43H2,1-3H3,(H,56,60)(H,61,62);14-17,19-26,30-32,43H,5-13,18,27-29H2,1-4H3,(H,49,51)(H2,46,52,53). The van der Waals surface area contributed by atoms with Crippen LogP contribution in [0.3, 0.4) is 0 Å². The molecule has 2 aliphatic heterocycles. The number of nitrogens with zero attached hydrogens (tertiary/aromatic N) is 7. The largest absolute Gasteiger partial charge is 0.491 e. The Morgan fingerprint density at radius 1 is 0.465 bits per heavy atom. The summed E-state index contributed by atoms with van der Waals surface area (Å²) in [7, 11) is -11.3. The molecule has 2 aliphatic rings. The lowest BCUT2D eigenvalue weighted by Gasteiger charge is -2.33. The maximum Gasteiger partial charge on any atom is 0.356 e. The number of methoxy groups -OCH3 is 1. The van der Waals surface area contributed by atoms with Gasteiger partial charge in [0.25, 0.3) is 31.9 Å². The number of hydrogen-bond donors (Lipinski definition) is 4. The molecule has 1 aromatic heterocycles. The van der Waals surface area contributed by atoms with E-state index in [1.165, 1.54) is 239 Å². The van der Waals surface area contributed by atoms with Crippen LogP contribution in [0, 0.1) is 20.8 Å². The third-order valence-electron chi connectivity index (χ3n) is 22.9. The fraction of sp³-hybridized carbons (Fsp3) is 0.545. The first-order chi connectivity index (χ1) is 61.5. The number of amides is 2. The van der Waals surface area contributed by atoms with Crippen LogP contribution in [0.25, 0.3) is 0 Å². The number of aliphatic imine (C=N–C) groups is 3. The molecular formula is C99H142N10O15S3. The Balaban J connectivity index is 0.000000315. The molecule has 0 radical (unpaired) electrons. The van der Waals surface area contributed by atoms with Crippen molar-refractivity contribution in [1.29, 1.82) is 0 Å². The van der Waals surface area contributed by atoms with Crippen LogP contribution < -0.4 is 34.7 Å². The van der Waals surface area contributed by atoms with Crippen LogP contribution in [-0.2, 0) is 44.4 Å². The van der Waals surface area contributed by atoms with Crippen molar-refractivity contribution in [1.82, 2.24) is 18.4 Å². The van der Waals surface area contributed by atoms with Gasteiger partial charge in [-0.15, -0.1) is 0 Å². The first kappa shape index (κ1) is 103. The predicted molar refractivity (Wildman–Crippen MR) is 509 cm³/mol. The SMILES string of the molecule is CCCCCCCCCCCCCCCCCCN1C(C(C(=O)Nc2ccccc2OCCCCCCCCCCCCCCCC)n2nc(C(=O)O)cc2C)=Nc2ccccc2S1(=O)=O.CCCCCCCCCCCCOc1ccccc1NC(=O)C(Oc1ccc(S(N)(=O)=O)cc1N=COC)C1=Nc2ccccc2S(=O)(=O)N1CCOc1ccc(C)cc1C. The van der Waals surface area contributed by atoms with Crippen LogP contribution in [-0.4, -0.2) is 131 Å². The summed E-state index contributed by atoms with van der Waals surface area (Å²) in [4.78, 5) is 55.0. The summed E-state index contributed by atoms with van der Waals surface area (Å²) in [6, 6.07) is 36.1. The molecule has 0 aliphatic carbocycles. The van der Waals surface area contributed by atoms with E-state index in [1.54, 1.807) is 79.7 Å². The van der Waals surface area contributed by atoms with Crippen molar-refractivity contribution in [3.8, 4) is 23.0 Å². The molecular weight excluding hydrogens is 1670 g/mol. The van der Waals surface area contributed by atoms with Gasteiger partial charge in [-0.05, 0) is 124 Å². The summed E-state index contributed by atoms with van der Waals surface area (Å²) in [6.45, 7) is 12.9. The van der Waals surface area contributed by atoms with E-state index in [9.17, 15) is 44.7 Å². The number of benzene rings is 6. The van der Waals surface area contributed by atoms with Crippen LogP contribution in [0.2, 0.25) is 0 Å². The number of amidine groups is 2. The highest BCUT2D eigenvalue weighted by atomic mass is 32.2. The number of carbonyl (C=O) groups excluding carboxylic acids is 2. The maximum absolute atomic E-state index is 14.7. The zero-order chi connectivity index (χ0) is 91.1. The molecule has 6 aromatic carbocycles. The molecule has 25 nitrogen and oxygen atoms in total. The van der Waals surface area contributed by atoms with Gasteiger partial charge in [0.1, 0.15) is 45.1 Å². The number of sulfonamides is 3. The first-order valence-corrected chi connectivity index (χ1v) is 51.3. The number of nitrogens with one attached hydrogen (secondary N) is 2. The Labute approximate surface area is 757 Å². The van der Waals surface area contributed by atoms with Crippen LogP contribution in [0.4, 0.5) is 28.4 Å². The minimum Gasteiger partial charge on any atom is -0.491 e. The minimum atomic E-state index is -4.34. The summed E-state index contributed by atoms with van der Waals surface area (Å²) in [5, 5.41) is 25.5. The third kappa shape index (κ3) is 33.7. The number of aromatic nitrogens is 2. The van der Waals surface area contributed by atoms with E-state index in [4.69, 9.17) is 38.8 Å². The van der Waals surface area contributed by atoms with Crippen molar-refractivity contribution >= 4 is 94.4 Å². The summed E-state index contributed by atoms with van der Waals surface area (Å²) >= 11 is 0. The lowest BCUT2D eigenvalue weighted by Crippen LogP contribution is -2.52. The molecule has 0 saturated heterocycles. The first-order valence-electron chi connectivity index (χ1n) is 46.9. The molecule has 9 rings (SSSR count). The number of nitrogens with two attached hydrogens (primary N) is 1. The number of fused-ring (bicyclic) bond motifs is 2. The van der Waals surface area contributed by atoms with Crippen LogP contribution in [0.1, 0.15) is 311 Å². The number of aryl methyl sites for hydroxylation is 3. The Kier molecular flexibility index (Phi) is 45.3. The number of carboxylic acid groups (broad SMARTS) is 1. The van der Waals surface area contributed by atoms with Crippen LogP contribution in [0.5, 0.6) is 23.0 Å². The van der Waals surface area contributed by atoms with Gasteiger partial charge in [0.2, 0.25) is 16.1 Å². The number of primary sulfonamides is 1. The monoisotopic (exact) mass is 1810 g/mol. The number of carbonyl (C=O) groups is 3. The number of rotatable bonds is 62. The van der Waals surface area contributed by atoms with Crippen molar-refractivity contribution in [2.24, 2.45) is 20.1 Å². The van der Waals surface area contributed by atoms with Gasteiger partial charge in [0, 0.05) is 12.2 Å². The van der Waals surface area contributed by atoms with E-state index in [-0.39, 0.29) is 74.6 Å². The lowest BCUT2D eigenvalue weighted by atomic mass is 10.0. The zero-order valence-electron chi connectivity index (χ0n) is 76.4. The Morgan fingerprint density at radius 3 is 1.31 bits per heavy atom. The van der Waals surface area contributed by atoms with Gasteiger partial charge in [-0.2, -0.15) is 5.10 Å². The summed E-state index contributed by atoms with van der Waals surface area (Å²) in [5.74, 6) is -1.61. The highest BCUT2D eigenvalue weighted by molar-refractivity contribution is 7.90. The van der Waals surface area contributed by atoms with E-state index in [1.807, 2.05) is 38.1 Å². The lowest BCUT2D eigenvalue weighted by molar-refractivity contribution is -0.120. The average molecular weight is 1810 g/mol. The molecule has 0 fully saturated rings. The number of hydrogen-bond acceptors (Lipinski definition) is 18. The molecule has 5 N–H and O–H groups in total. The molecule has 28 heteroatoms. The van der Waals surface area contributed by atoms with Gasteiger partial charge in [0.05, 0.1) is 54.5 Å². The van der Waals surface area contributed by atoms with Crippen molar-refractivity contribution < 1.29 is 68.4 Å². The van der Waals surface area contributed by atoms with Crippen molar-refractivity contribution in [3.05, 3.63) is 162 Å². The molecule has 0 spiro atoms. The molecule has 3 heterocycles. The van der Waals surface area contributed by atoms with Crippen molar-refractivity contribution in [2.75, 3.05) is 50.7 Å². The zero-order valence-corrected chi connectivity index (χ0v) is 78.9. The van der Waals surface area contributed by atoms with Gasteiger partial charge < -0.3 is 39.4 Å². The molecule has 2 amide bonds. The van der Waals surface area contributed by atoms with E-state index < -0.39 is 60.0 Å². The predicted octanol–water partition coefficient (Wildman–Crippen LogP) is 23.7. The maximum atomic E-state index is 14.7. The Hall–Kier alpha value is -9.64. The third-order valence-corrected chi connectivity index (χ3v) is 27.5. The normalized spacial score (nSPS) is 13.8. The minimum absolute atomic E-state index is 0.0314. The molecule has 2 atom stereocenters. The van der Waals surface area contributed by atoms with Crippen molar-refractivity contribution in [3.63, 3.8) is 0 Å². The highest BCUT2D eigenvalue weighted by Crippen LogP contribution is 2.40. The quantitative estimate of drug-likeness (QED) is 0.0156.